The summed E-state index contributed by atoms with van der Waals surface area (Å²) in [6.07, 6.45) is -20.7. The van der Waals surface area contributed by atoms with Crippen molar-refractivity contribution >= 4 is 17.9 Å². The van der Waals surface area contributed by atoms with Gasteiger partial charge >= 0.3 is 17.9 Å². The topological polar surface area (TPSA) is 329 Å². The van der Waals surface area contributed by atoms with Gasteiger partial charge in [0, 0.05) is 0 Å². The predicted octanol–water partition coefficient (Wildman–Crippen LogP) is 0.809. The number of hydrogen-bond acceptors (Lipinski definition) is 17. The molecular weight excluding hydrogens is 897 g/mol. The third-order valence-electron chi connectivity index (χ3n) is 19.0. The van der Waals surface area contributed by atoms with E-state index in [2.05, 4.69) is 39.8 Å². The first-order valence-electron chi connectivity index (χ1n) is 24.0. The monoisotopic (exact) mass is 968 g/mol. The van der Waals surface area contributed by atoms with Gasteiger partial charge in [0.15, 0.2) is 31.1 Å². The van der Waals surface area contributed by atoms with Crippen LogP contribution in [0, 0.1) is 44.3 Å². The zero-order valence-corrected chi connectivity index (χ0v) is 39.9. The lowest BCUT2D eigenvalue weighted by Gasteiger charge is -2.69. The number of fused-ring (bicyclic) bond motifs is 7. The van der Waals surface area contributed by atoms with Crippen LogP contribution in [0.4, 0.5) is 0 Å². The summed E-state index contributed by atoms with van der Waals surface area (Å²) in [5, 5.41) is 118. The van der Waals surface area contributed by atoms with Crippen molar-refractivity contribution in [1.29, 1.82) is 0 Å². The van der Waals surface area contributed by atoms with Gasteiger partial charge in [0.2, 0.25) is 0 Å². The van der Waals surface area contributed by atoms with E-state index in [9.17, 15) is 70.6 Å². The Bertz CT molecular complexity index is 2040. The maximum Gasteiger partial charge on any atom is 0.335 e. The van der Waals surface area contributed by atoms with E-state index in [4.69, 9.17) is 28.4 Å². The van der Waals surface area contributed by atoms with Gasteiger partial charge in [-0.05, 0) is 104 Å². The molecule has 0 bridgehead atoms. The summed E-state index contributed by atoms with van der Waals surface area (Å²) in [7, 11) is 0. The lowest BCUT2D eigenvalue weighted by Crippen LogP contribution is -2.68. The van der Waals surface area contributed by atoms with Gasteiger partial charge in [0.25, 0.3) is 0 Å². The molecule has 8 rings (SSSR count). The molecule has 0 unspecified atom stereocenters. The number of ether oxygens (including phenoxy) is 6. The molecule has 5 aliphatic carbocycles. The van der Waals surface area contributed by atoms with E-state index in [1.807, 2.05) is 13.8 Å². The molecule has 0 aromatic rings. The van der Waals surface area contributed by atoms with Crippen LogP contribution in [0.15, 0.2) is 23.3 Å². The van der Waals surface area contributed by atoms with Crippen molar-refractivity contribution in [2.24, 2.45) is 44.3 Å². The molecule has 20 nitrogen and oxygen atoms in total. The molecule has 3 saturated heterocycles. The number of aliphatic hydroxyl groups is 8. The van der Waals surface area contributed by atoms with E-state index in [1.165, 1.54) is 18.1 Å². The highest BCUT2D eigenvalue weighted by molar-refractivity contribution is 5.75. The Morgan fingerprint density at radius 1 is 0.588 bits per heavy atom. The third-order valence-corrected chi connectivity index (χ3v) is 19.0. The van der Waals surface area contributed by atoms with Crippen molar-refractivity contribution in [1.82, 2.24) is 0 Å². The Balaban J connectivity index is 1.09. The molecule has 0 aromatic heterocycles. The summed E-state index contributed by atoms with van der Waals surface area (Å²) in [4.78, 5) is 37.3. The molecule has 3 aliphatic heterocycles. The average molecular weight is 969 g/mol. The van der Waals surface area contributed by atoms with Crippen LogP contribution in [0.3, 0.4) is 0 Å². The zero-order chi connectivity index (χ0) is 50.2. The number of allylic oxidation sites excluding steroid dienone is 4. The number of aliphatic hydroxyl groups excluding tert-OH is 8. The van der Waals surface area contributed by atoms with Gasteiger partial charge in [0.05, 0.1) is 23.7 Å². The van der Waals surface area contributed by atoms with Crippen LogP contribution >= 0.6 is 0 Å². The maximum absolute atomic E-state index is 12.6. The zero-order valence-electron chi connectivity index (χ0n) is 39.9. The van der Waals surface area contributed by atoms with E-state index in [1.54, 1.807) is 6.92 Å². The lowest BCUT2D eigenvalue weighted by molar-refractivity contribution is -0.392. The molecule has 3 heterocycles. The second-order valence-electron chi connectivity index (χ2n) is 23.1. The summed E-state index contributed by atoms with van der Waals surface area (Å²) < 4.78 is 35.7. The second kappa shape index (κ2) is 17.5. The standard InChI is InChI=1S/C48H72O20/c1-19-26(50)27(51)32(56)39(63-19)67-36-31(55)29(53)34(38(59)60)66-41(36)68-35-30(54)28(52)33(37(57)58)65-40(35)64-25-12-13-45(5)22(43(25,2)3)11-14-48(8)23(45)10-9-20-21-17-46(6,42(61)62)24(49)18-44(21,4)15-16-47(20,48)7/h9-10,19,21-22,24-36,39-41,49-56H,11-18H2,1-8H3,(H,57,58)(H,59,60)(H,61,62)/t19-,21-,22-,24-,25-,26-,27+,28-,29-,30-,31-,32+,33-,34-,35+,36+,39-,40+,41-,44-,45-,46-,47+,48+/m0/s1. The number of rotatable bonds is 9. The minimum atomic E-state index is -2.15. The van der Waals surface area contributed by atoms with Gasteiger partial charge in [0.1, 0.15) is 54.9 Å². The van der Waals surface area contributed by atoms with E-state index in [0.717, 1.165) is 25.7 Å². The van der Waals surface area contributed by atoms with Crippen molar-refractivity contribution in [2.45, 2.75) is 211 Å². The first-order chi connectivity index (χ1) is 31.5. The Hall–Kier alpha value is -2.67. The summed E-state index contributed by atoms with van der Waals surface area (Å²) in [6.45, 7) is 16.2. The number of hydrogen-bond donors (Lipinski definition) is 11. The van der Waals surface area contributed by atoms with Crippen LogP contribution < -0.4 is 0 Å². The SMILES string of the molecule is C[C@@H]1O[C@@H](O[C@H]2[C@H](O[C@H]3[C@H](O[C@H]4CC[C@]5(C)C6=CC=C7[C@@H]8C[C@](C)(C(=O)O)[C@@H](O)C[C@]8(C)CC[C@@]7(C)[C@]6(C)CC[C@H]5C4(C)C)O[C@H](C(=O)O)[C@@H](O)[C@@H]3O)O[C@H](C(=O)O)[C@@H](O)[C@@H]2O)[C@H](O)[C@H](O)[C@H]1O. The number of carboxylic acid groups (broad SMARTS) is 3. The van der Waals surface area contributed by atoms with Gasteiger partial charge < -0.3 is 84.6 Å². The highest BCUT2D eigenvalue weighted by atomic mass is 16.8. The molecule has 0 amide bonds. The van der Waals surface area contributed by atoms with Crippen molar-refractivity contribution < 1.29 is 99.0 Å². The summed E-state index contributed by atoms with van der Waals surface area (Å²) >= 11 is 0. The Kier molecular flexibility index (Phi) is 13.3. The fraction of sp³-hybridized carbons (Fsp3) is 0.854. The molecule has 24 atom stereocenters. The molecule has 8 aliphatic rings. The maximum atomic E-state index is 12.6. The fourth-order valence-corrected chi connectivity index (χ4v) is 14.4. The van der Waals surface area contributed by atoms with Crippen LogP contribution in [0.5, 0.6) is 0 Å². The molecule has 4 saturated carbocycles. The fourth-order valence-electron chi connectivity index (χ4n) is 14.4. The highest BCUT2D eigenvalue weighted by Gasteiger charge is 2.68. The average Bonchev–Trinajstić information content (AvgIpc) is 3.25. The minimum Gasteiger partial charge on any atom is -0.481 e. The molecule has 384 valence electrons. The number of carbonyl (C=O) groups is 3. The summed E-state index contributed by atoms with van der Waals surface area (Å²) in [6, 6.07) is 0. The van der Waals surface area contributed by atoms with E-state index >= 15 is 0 Å². The van der Waals surface area contributed by atoms with Crippen molar-refractivity contribution in [2.75, 3.05) is 0 Å². The van der Waals surface area contributed by atoms with E-state index < -0.39 is 133 Å². The molecule has 0 spiro atoms. The van der Waals surface area contributed by atoms with Gasteiger partial charge in [-0.15, -0.1) is 0 Å². The largest absolute Gasteiger partial charge is 0.481 e. The normalized spacial score (nSPS) is 53.3. The van der Waals surface area contributed by atoms with Crippen LogP contribution in [-0.2, 0) is 42.8 Å². The van der Waals surface area contributed by atoms with Crippen LogP contribution in [-0.4, -0.2) is 178 Å². The van der Waals surface area contributed by atoms with Gasteiger partial charge in [-0.1, -0.05) is 64.8 Å². The Morgan fingerprint density at radius 2 is 1.15 bits per heavy atom. The smallest absolute Gasteiger partial charge is 0.335 e. The van der Waals surface area contributed by atoms with Crippen molar-refractivity contribution in [3.63, 3.8) is 0 Å². The third kappa shape index (κ3) is 7.74. The molecule has 20 heteroatoms. The van der Waals surface area contributed by atoms with Gasteiger partial charge in [-0.25, -0.2) is 9.59 Å². The second-order valence-corrected chi connectivity index (χ2v) is 23.1. The van der Waals surface area contributed by atoms with Crippen LogP contribution in [0.25, 0.3) is 0 Å². The molecule has 0 radical (unpaired) electrons. The van der Waals surface area contributed by atoms with Crippen molar-refractivity contribution in [3.05, 3.63) is 23.3 Å². The Morgan fingerprint density at radius 3 is 1.71 bits per heavy atom. The first kappa shape index (κ1) is 51.7. The quantitative estimate of drug-likeness (QED) is 0.142. The van der Waals surface area contributed by atoms with Gasteiger partial charge in [-0.3, -0.25) is 4.79 Å². The molecule has 68 heavy (non-hydrogen) atoms. The minimum absolute atomic E-state index is 0.0278. The highest BCUT2D eigenvalue weighted by Crippen LogP contribution is 2.74. The lowest BCUT2D eigenvalue weighted by atomic mass is 9.36. The van der Waals surface area contributed by atoms with Crippen LogP contribution in [0.2, 0.25) is 0 Å². The molecular formula is C48H72O20. The number of aliphatic carboxylic acids is 3. The first-order valence-corrected chi connectivity index (χ1v) is 24.0. The molecule has 7 fully saturated rings. The molecule has 11 N–H and O–H groups in total. The molecule has 0 aromatic carbocycles. The summed E-state index contributed by atoms with van der Waals surface area (Å²) in [5.41, 5.74) is -0.676. The van der Waals surface area contributed by atoms with Crippen LogP contribution in [0.1, 0.15) is 107 Å². The van der Waals surface area contributed by atoms with E-state index in [0.29, 0.717) is 25.7 Å². The Labute approximate surface area is 394 Å². The van der Waals surface area contributed by atoms with E-state index in [-0.39, 0.29) is 33.5 Å². The predicted molar refractivity (Wildman–Crippen MR) is 232 cm³/mol. The number of carboxylic acids is 3. The van der Waals surface area contributed by atoms with Gasteiger partial charge in [-0.2, -0.15) is 0 Å². The van der Waals surface area contributed by atoms with Crippen molar-refractivity contribution in [3.8, 4) is 0 Å². The summed E-state index contributed by atoms with van der Waals surface area (Å²) in [5.74, 6) is -4.43.